The molecular weight excluding hydrogens is 316 g/mol. The first-order valence-electron chi connectivity index (χ1n) is 5.88. The van der Waals surface area contributed by atoms with Gasteiger partial charge >= 0.3 is 0 Å². The SMILES string of the molecule is CNCC1(CNS(=O)(=O)c2ccccc2Br)CC1. The third-order valence-corrected chi connectivity index (χ3v) is 5.69. The van der Waals surface area contributed by atoms with Crippen LogP contribution in [0.4, 0.5) is 0 Å². The Morgan fingerprint density at radius 2 is 1.94 bits per heavy atom. The third kappa shape index (κ3) is 3.12. The maximum absolute atomic E-state index is 12.2. The van der Waals surface area contributed by atoms with Crippen LogP contribution in [0.15, 0.2) is 33.6 Å². The summed E-state index contributed by atoms with van der Waals surface area (Å²) in [6.07, 6.45) is 2.15. The maximum Gasteiger partial charge on any atom is 0.241 e. The molecule has 2 rings (SSSR count). The summed E-state index contributed by atoms with van der Waals surface area (Å²) in [5.74, 6) is 0. The van der Waals surface area contributed by atoms with Gasteiger partial charge in [-0.3, -0.25) is 0 Å². The molecule has 6 heteroatoms. The van der Waals surface area contributed by atoms with Crippen molar-refractivity contribution < 1.29 is 8.42 Å². The Balaban J connectivity index is 2.07. The zero-order valence-electron chi connectivity index (χ0n) is 10.2. The van der Waals surface area contributed by atoms with Gasteiger partial charge in [0.2, 0.25) is 10.0 Å². The number of rotatable bonds is 6. The van der Waals surface area contributed by atoms with Crippen LogP contribution < -0.4 is 10.0 Å². The van der Waals surface area contributed by atoms with Crippen LogP contribution in [0.25, 0.3) is 0 Å². The third-order valence-electron chi connectivity index (χ3n) is 3.27. The number of nitrogens with one attached hydrogen (secondary N) is 2. The highest BCUT2D eigenvalue weighted by Gasteiger charge is 2.42. The number of hydrogen-bond donors (Lipinski definition) is 2. The average molecular weight is 333 g/mol. The van der Waals surface area contributed by atoms with Crippen LogP contribution in [-0.4, -0.2) is 28.6 Å². The van der Waals surface area contributed by atoms with E-state index in [0.29, 0.717) is 15.9 Å². The summed E-state index contributed by atoms with van der Waals surface area (Å²) < 4.78 is 27.6. The molecule has 0 bridgehead atoms. The molecule has 1 aromatic rings. The van der Waals surface area contributed by atoms with E-state index in [4.69, 9.17) is 0 Å². The fraction of sp³-hybridized carbons (Fsp3) is 0.500. The van der Waals surface area contributed by atoms with Crippen molar-refractivity contribution in [2.45, 2.75) is 17.7 Å². The Kier molecular flexibility index (Phi) is 4.11. The number of benzene rings is 1. The lowest BCUT2D eigenvalue weighted by Crippen LogP contribution is -2.35. The smallest absolute Gasteiger partial charge is 0.241 e. The van der Waals surface area contributed by atoms with E-state index >= 15 is 0 Å². The molecule has 2 N–H and O–H groups in total. The second-order valence-corrected chi connectivity index (χ2v) is 7.38. The predicted octanol–water partition coefficient (Wildman–Crippen LogP) is 1.73. The molecule has 1 aliphatic carbocycles. The molecule has 18 heavy (non-hydrogen) atoms. The highest BCUT2D eigenvalue weighted by molar-refractivity contribution is 9.10. The van der Waals surface area contributed by atoms with Crippen molar-refractivity contribution in [3.05, 3.63) is 28.7 Å². The monoisotopic (exact) mass is 332 g/mol. The van der Waals surface area contributed by atoms with Gasteiger partial charge in [0.05, 0.1) is 4.90 Å². The topological polar surface area (TPSA) is 58.2 Å². The molecule has 0 atom stereocenters. The summed E-state index contributed by atoms with van der Waals surface area (Å²) in [6, 6.07) is 6.85. The lowest BCUT2D eigenvalue weighted by molar-refractivity contribution is 0.468. The van der Waals surface area contributed by atoms with Gasteiger partial charge in [0.25, 0.3) is 0 Å². The Bertz CT molecular complexity index is 527. The Labute approximate surface area is 116 Å². The van der Waals surface area contributed by atoms with E-state index in [1.54, 1.807) is 24.3 Å². The van der Waals surface area contributed by atoms with E-state index in [0.717, 1.165) is 19.4 Å². The molecule has 0 saturated heterocycles. The van der Waals surface area contributed by atoms with Gasteiger partial charge in [0, 0.05) is 17.6 Å². The molecule has 4 nitrogen and oxygen atoms in total. The normalized spacial score (nSPS) is 17.7. The maximum atomic E-state index is 12.2. The van der Waals surface area contributed by atoms with Gasteiger partial charge in [-0.05, 0) is 53.4 Å². The van der Waals surface area contributed by atoms with Crippen LogP contribution >= 0.6 is 15.9 Å². The van der Waals surface area contributed by atoms with E-state index in [2.05, 4.69) is 26.0 Å². The largest absolute Gasteiger partial charge is 0.319 e. The van der Waals surface area contributed by atoms with Gasteiger partial charge in [-0.25, -0.2) is 13.1 Å². The van der Waals surface area contributed by atoms with E-state index in [-0.39, 0.29) is 5.41 Å². The summed E-state index contributed by atoms with van der Waals surface area (Å²) in [6.45, 7) is 1.35. The molecule has 1 fully saturated rings. The molecule has 1 aromatic carbocycles. The van der Waals surface area contributed by atoms with Crippen molar-refractivity contribution in [1.82, 2.24) is 10.0 Å². The van der Waals surface area contributed by atoms with Crippen molar-refractivity contribution in [1.29, 1.82) is 0 Å². The van der Waals surface area contributed by atoms with Crippen LogP contribution in [-0.2, 0) is 10.0 Å². The first-order valence-corrected chi connectivity index (χ1v) is 8.16. The molecule has 0 aromatic heterocycles. The molecule has 1 aliphatic rings. The first-order chi connectivity index (χ1) is 8.49. The summed E-state index contributed by atoms with van der Waals surface area (Å²) in [5.41, 5.74) is 0.114. The lowest BCUT2D eigenvalue weighted by atomic mass is 10.1. The summed E-state index contributed by atoms with van der Waals surface area (Å²) in [5, 5.41) is 3.11. The van der Waals surface area contributed by atoms with E-state index in [1.807, 2.05) is 7.05 Å². The molecule has 0 aliphatic heterocycles. The summed E-state index contributed by atoms with van der Waals surface area (Å²) in [7, 11) is -1.54. The quantitative estimate of drug-likeness (QED) is 0.834. The van der Waals surface area contributed by atoms with Gasteiger partial charge in [-0.2, -0.15) is 0 Å². The second kappa shape index (κ2) is 5.28. The first kappa shape index (κ1) is 14.0. The Hall–Kier alpha value is -0.430. The number of sulfonamides is 1. The standard InChI is InChI=1S/C12H17BrN2O2S/c1-14-8-12(6-7-12)9-15-18(16,17)11-5-3-2-4-10(11)13/h2-5,14-15H,6-9H2,1H3. The minimum Gasteiger partial charge on any atom is -0.319 e. The zero-order valence-corrected chi connectivity index (χ0v) is 12.6. The van der Waals surface area contributed by atoms with Gasteiger partial charge in [-0.1, -0.05) is 12.1 Å². The van der Waals surface area contributed by atoms with Gasteiger partial charge in [0.15, 0.2) is 0 Å². The highest BCUT2D eigenvalue weighted by Crippen LogP contribution is 2.44. The van der Waals surface area contributed by atoms with Crippen molar-refractivity contribution in [2.75, 3.05) is 20.1 Å². The van der Waals surface area contributed by atoms with Crippen molar-refractivity contribution in [3.8, 4) is 0 Å². The molecule has 0 spiro atoms. The van der Waals surface area contributed by atoms with Gasteiger partial charge in [-0.15, -0.1) is 0 Å². The van der Waals surface area contributed by atoms with Crippen molar-refractivity contribution in [2.24, 2.45) is 5.41 Å². The molecular formula is C12H17BrN2O2S. The predicted molar refractivity (Wildman–Crippen MR) is 74.9 cm³/mol. The van der Waals surface area contributed by atoms with Crippen LogP contribution in [0.1, 0.15) is 12.8 Å². The minimum absolute atomic E-state index is 0.114. The van der Waals surface area contributed by atoms with Crippen LogP contribution in [0, 0.1) is 5.41 Å². The molecule has 0 radical (unpaired) electrons. The van der Waals surface area contributed by atoms with Crippen LogP contribution in [0.2, 0.25) is 0 Å². The molecule has 100 valence electrons. The fourth-order valence-corrected chi connectivity index (χ4v) is 4.11. The van der Waals surface area contributed by atoms with E-state index in [1.165, 1.54) is 0 Å². The number of halogens is 1. The average Bonchev–Trinajstić information content (AvgIpc) is 3.08. The molecule has 0 amide bonds. The highest BCUT2D eigenvalue weighted by atomic mass is 79.9. The molecule has 1 saturated carbocycles. The molecule has 0 heterocycles. The fourth-order valence-electron chi connectivity index (χ4n) is 1.96. The van der Waals surface area contributed by atoms with Crippen LogP contribution in [0.3, 0.4) is 0 Å². The van der Waals surface area contributed by atoms with Crippen molar-refractivity contribution >= 4 is 26.0 Å². The Morgan fingerprint density at radius 3 is 2.50 bits per heavy atom. The Morgan fingerprint density at radius 1 is 1.28 bits per heavy atom. The summed E-state index contributed by atoms with van der Waals surface area (Å²) in [4.78, 5) is 0.297. The van der Waals surface area contributed by atoms with Crippen molar-refractivity contribution in [3.63, 3.8) is 0 Å². The lowest BCUT2D eigenvalue weighted by Gasteiger charge is -2.16. The second-order valence-electron chi connectivity index (χ2n) is 4.79. The van der Waals surface area contributed by atoms with Crippen LogP contribution in [0.5, 0.6) is 0 Å². The van der Waals surface area contributed by atoms with Gasteiger partial charge in [0.1, 0.15) is 0 Å². The summed E-state index contributed by atoms with van der Waals surface area (Å²) >= 11 is 3.27. The van der Waals surface area contributed by atoms with E-state index in [9.17, 15) is 8.42 Å². The minimum atomic E-state index is -3.43. The van der Waals surface area contributed by atoms with E-state index < -0.39 is 10.0 Å². The number of hydrogen-bond acceptors (Lipinski definition) is 3. The molecule has 0 unspecified atom stereocenters. The van der Waals surface area contributed by atoms with Gasteiger partial charge < -0.3 is 5.32 Å². The zero-order chi connectivity index (χ0) is 13.2.